The SMILES string of the molecule is [B]C1=C(c2cccc3ccccc23)C(O)=C2CC(=C1[B])N(c1ccc(-c3ccccc3-n3c4ccccc4c4ccccc43)cc1)c1c(O)c(O)c(-c3cccc4ccccc34)c(O)c1S2. The van der Waals surface area contributed by atoms with Crippen LogP contribution in [-0.4, -0.2) is 40.7 Å². The van der Waals surface area contributed by atoms with Crippen LogP contribution in [0.2, 0.25) is 0 Å². The Morgan fingerprint density at radius 1 is 0.470 bits per heavy atom. The topological polar surface area (TPSA) is 89.1 Å². The highest BCUT2D eigenvalue weighted by Crippen LogP contribution is 2.62. The Balaban J connectivity index is 1.09. The summed E-state index contributed by atoms with van der Waals surface area (Å²) < 4.78 is 2.30. The number of phenols is 3. The third-order valence-electron chi connectivity index (χ3n) is 13.0. The molecule has 2 bridgehead atoms. The summed E-state index contributed by atoms with van der Waals surface area (Å²) in [5.41, 5.74) is 8.20. The van der Waals surface area contributed by atoms with Crippen molar-refractivity contribution in [3.8, 4) is 45.2 Å². The standard InChI is InChI=1S/C57H36B2N2O4S/c58-50-46-31-47(53(62)48(51(50)59)41-22-11-15-32-13-1-3-17-36(32)41)66-57-52(56(65)54(63)49(55(57)64)42-23-12-16-33-14-2-4-18-37(33)42)60(46)35-29-27-34(28-30-35)38-19-5-8-24-43(38)61-44-25-9-6-20-39(44)40-21-7-10-26-45(40)61/h1-30,62-65H,31H2. The van der Waals surface area contributed by atoms with Crippen LogP contribution in [0.5, 0.6) is 17.2 Å². The number of thioether (sulfide) groups is 1. The number of hydrogen-bond donors (Lipinski definition) is 4. The van der Waals surface area contributed by atoms with Crippen molar-refractivity contribution in [2.24, 2.45) is 0 Å². The quantitative estimate of drug-likeness (QED) is 0.0783. The summed E-state index contributed by atoms with van der Waals surface area (Å²) in [5, 5.41) is 55.6. The second kappa shape index (κ2) is 15.3. The first-order valence-electron chi connectivity index (χ1n) is 21.6. The minimum Gasteiger partial charge on any atom is -0.506 e. The van der Waals surface area contributed by atoms with Crippen molar-refractivity contribution in [2.75, 3.05) is 4.90 Å². The number of aliphatic hydroxyl groups is 1. The maximum absolute atomic E-state index is 12.6. The number of benzene rings is 9. The number of nitrogens with zero attached hydrogens (tertiary/aromatic N) is 2. The van der Waals surface area contributed by atoms with Gasteiger partial charge in [-0.25, -0.2) is 0 Å². The smallest absolute Gasteiger partial charge is 0.184 e. The molecular weight excluding hydrogens is 830 g/mol. The van der Waals surface area contributed by atoms with Gasteiger partial charge in [-0.3, -0.25) is 0 Å². The van der Waals surface area contributed by atoms with E-state index in [1.54, 1.807) is 11.0 Å². The van der Waals surface area contributed by atoms with Gasteiger partial charge in [0.2, 0.25) is 0 Å². The van der Waals surface area contributed by atoms with E-state index in [2.05, 4.69) is 65.2 Å². The van der Waals surface area contributed by atoms with E-state index >= 15 is 0 Å². The molecule has 2 heterocycles. The summed E-state index contributed by atoms with van der Waals surface area (Å²) in [7, 11) is 14.3. The number of para-hydroxylation sites is 3. The molecule has 0 amide bonds. The van der Waals surface area contributed by atoms with E-state index in [1.807, 2.05) is 115 Å². The molecule has 1 aliphatic carbocycles. The van der Waals surface area contributed by atoms with Gasteiger partial charge in [0.25, 0.3) is 0 Å². The Morgan fingerprint density at radius 3 is 1.67 bits per heavy atom. The van der Waals surface area contributed by atoms with Crippen molar-refractivity contribution < 1.29 is 20.4 Å². The van der Waals surface area contributed by atoms with Crippen molar-refractivity contribution in [3.63, 3.8) is 0 Å². The molecule has 2 aliphatic rings. The molecule has 0 atom stereocenters. The molecule has 4 radical (unpaired) electrons. The fraction of sp³-hybridized carbons (Fsp3) is 0.0175. The lowest BCUT2D eigenvalue weighted by atomic mass is 9.72. The summed E-state index contributed by atoms with van der Waals surface area (Å²) in [5.74, 6) is -1.34. The summed E-state index contributed by atoms with van der Waals surface area (Å²) in [4.78, 5) is 2.42. The fourth-order valence-electron chi connectivity index (χ4n) is 9.99. The van der Waals surface area contributed by atoms with Gasteiger partial charge in [0, 0.05) is 44.6 Å². The van der Waals surface area contributed by atoms with Crippen molar-refractivity contribution >= 4 is 87.8 Å². The molecule has 66 heavy (non-hydrogen) atoms. The number of phenolic OH excluding ortho intramolecular Hbond substituents is 3. The zero-order chi connectivity index (χ0) is 44.8. The average Bonchev–Trinajstić information content (AvgIpc) is 3.53. The number of hydrogen-bond acceptors (Lipinski definition) is 6. The second-order valence-corrected chi connectivity index (χ2v) is 17.7. The lowest BCUT2D eigenvalue weighted by molar-refractivity contribution is 0.396. The summed E-state index contributed by atoms with van der Waals surface area (Å²) >= 11 is 1.11. The van der Waals surface area contributed by atoms with Crippen molar-refractivity contribution in [2.45, 2.75) is 11.3 Å². The molecule has 0 saturated heterocycles. The first-order chi connectivity index (χ1) is 32.3. The van der Waals surface area contributed by atoms with Gasteiger partial charge in [-0.2, -0.15) is 0 Å². The zero-order valence-electron chi connectivity index (χ0n) is 35.3. The highest BCUT2D eigenvalue weighted by atomic mass is 32.2. The Labute approximate surface area is 387 Å². The third kappa shape index (κ3) is 5.93. The Bertz CT molecular complexity index is 3730. The van der Waals surface area contributed by atoms with Gasteiger partial charge in [0.1, 0.15) is 32.9 Å². The first-order valence-corrected chi connectivity index (χ1v) is 22.4. The molecule has 12 rings (SSSR count). The number of fused-ring (bicyclic) bond motifs is 8. The summed E-state index contributed by atoms with van der Waals surface area (Å²) in [6.07, 6.45) is 0.0770. The van der Waals surface area contributed by atoms with E-state index in [4.69, 9.17) is 15.7 Å². The lowest BCUT2D eigenvalue weighted by Crippen LogP contribution is -2.19. The highest BCUT2D eigenvalue weighted by molar-refractivity contribution is 8.03. The van der Waals surface area contributed by atoms with Crippen LogP contribution < -0.4 is 4.90 Å². The van der Waals surface area contributed by atoms with Crippen LogP contribution in [-0.2, 0) is 0 Å². The molecule has 1 aliphatic heterocycles. The third-order valence-corrected chi connectivity index (χ3v) is 14.2. The van der Waals surface area contributed by atoms with Gasteiger partial charge in [0.15, 0.2) is 11.5 Å². The monoisotopic (exact) mass is 866 g/mol. The van der Waals surface area contributed by atoms with Crippen LogP contribution in [0, 0.1) is 0 Å². The molecule has 6 nitrogen and oxygen atoms in total. The minimum atomic E-state index is -0.503. The second-order valence-electron chi connectivity index (χ2n) is 16.6. The van der Waals surface area contributed by atoms with Gasteiger partial charge in [-0.1, -0.05) is 174 Å². The largest absolute Gasteiger partial charge is 0.506 e. The van der Waals surface area contributed by atoms with Crippen molar-refractivity contribution in [3.05, 3.63) is 215 Å². The van der Waals surface area contributed by atoms with Gasteiger partial charge < -0.3 is 29.9 Å². The van der Waals surface area contributed by atoms with E-state index < -0.39 is 11.5 Å². The zero-order valence-corrected chi connectivity index (χ0v) is 36.1. The summed E-state index contributed by atoms with van der Waals surface area (Å²) in [6, 6.07) is 60.0. The average molecular weight is 867 g/mol. The van der Waals surface area contributed by atoms with Gasteiger partial charge in [-0.05, 0) is 68.6 Å². The molecular formula is C57H36B2N2O4S. The van der Waals surface area contributed by atoms with Crippen LogP contribution in [0.15, 0.2) is 214 Å². The molecule has 9 heteroatoms. The summed E-state index contributed by atoms with van der Waals surface area (Å²) in [6.45, 7) is 0. The predicted octanol–water partition coefficient (Wildman–Crippen LogP) is 13.9. The van der Waals surface area contributed by atoms with E-state index in [1.165, 1.54) is 0 Å². The Hall–Kier alpha value is -8.00. The van der Waals surface area contributed by atoms with E-state index in [0.29, 0.717) is 33.0 Å². The maximum Gasteiger partial charge on any atom is 0.184 e. The van der Waals surface area contributed by atoms with Crippen LogP contribution in [0.1, 0.15) is 12.0 Å². The number of rotatable bonds is 5. The van der Waals surface area contributed by atoms with Gasteiger partial charge in [0.05, 0.1) is 27.2 Å². The molecule has 0 saturated carbocycles. The van der Waals surface area contributed by atoms with E-state index in [9.17, 15) is 20.4 Å². The minimum absolute atomic E-state index is 0.0631. The Kier molecular flexibility index (Phi) is 9.19. The van der Waals surface area contributed by atoms with Crippen LogP contribution in [0.25, 0.3) is 76.9 Å². The lowest BCUT2D eigenvalue weighted by Gasteiger charge is -2.31. The maximum atomic E-state index is 12.6. The van der Waals surface area contributed by atoms with Crippen molar-refractivity contribution in [1.29, 1.82) is 0 Å². The van der Waals surface area contributed by atoms with E-state index in [0.717, 1.165) is 71.9 Å². The molecule has 0 spiro atoms. The number of aromatic nitrogens is 1. The molecule has 0 fully saturated rings. The molecule has 10 aromatic rings. The highest BCUT2D eigenvalue weighted by Gasteiger charge is 2.38. The van der Waals surface area contributed by atoms with E-state index in [-0.39, 0.29) is 45.0 Å². The number of anilines is 2. The molecule has 0 unspecified atom stereocenters. The molecule has 310 valence electrons. The van der Waals surface area contributed by atoms with Crippen molar-refractivity contribution in [1.82, 2.24) is 4.57 Å². The molecule has 9 aromatic carbocycles. The fourth-order valence-corrected chi connectivity index (χ4v) is 11.1. The number of aliphatic hydroxyl groups excluding tert-OH is 1. The normalized spacial score (nSPS) is 14.1. The Morgan fingerprint density at radius 2 is 1.00 bits per heavy atom. The molecule has 4 N–H and O–H groups in total. The number of allylic oxidation sites excluding steroid dienone is 4. The van der Waals surface area contributed by atoms with Gasteiger partial charge >= 0.3 is 0 Å². The van der Waals surface area contributed by atoms with Gasteiger partial charge in [-0.15, -0.1) is 0 Å². The number of aromatic hydroxyl groups is 3. The first kappa shape index (κ1) is 39.6. The van der Waals surface area contributed by atoms with Crippen LogP contribution in [0.3, 0.4) is 0 Å². The predicted molar refractivity (Wildman–Crippen MR) is 272 cm³/mol. The van der Waals surface area contributed by atoms with Crippen LogP contribution in [0.4, 0.5) is 11.4 Å². The van der Waals surface area contributed by atoms with Crippen LogP contribution >= 0.6 is 11.8 Å². The molecule has 1 aromatic heterocycles.